The van der Waals surface area contributed by atoms with E-state index >= 15 is 0 Å². The molecule has 0 fully saturated rings. The Bertz CT molecular complexity index is 844. The summed E-state index contributed by atoms with van der Waals surface area (Å²) in [4.78, 5) is 16.6. The predicted molar refractivity (Wildman–Crippen MR) is 98.8 cm³/mol. The van der Waals surface area contributed by atoms with Gasteiger partial charge in [-0.3, -0.25) is 14.5 Å². The van der Waals surface area contributed by atoms with Gasteiger partial charge in [0.25, 0.3) is 0 Å². The number of nitrogens with one attached hydrogen (secondary N) is 1. The van der Waals surface area contributed by atoms with E-state index in [1.165, 1.54) is 0 Å². The van der Waals surface area contributed by atoms with E-state index in [4.69, 9.17) is 4.74 Å². The minimum absolute atomic E-state index is 0.0301. The Hall–Kier alpha value is -3.15. The van der Waals surface area contributed by atoms with Gasteiger partial charge in [0, 0.05) is 37.3 Å². The van der Waals surface area contributed by atoms with Crippen molar-refractivity contribution >= 4 is 5.91 Å². The van der Waals surface area contributed by atoms with Crippen molar-refractivity contribution in [3.63, 3.8) is 0 Å². The first-order chi connectivity index (χ1) is 12.7. The maximum atomic E-state index is 12.5. The molecule has 0 saturated heterocycles. The number of carbonyl (C=O) groups excluding carboxylic acids is 1. The highest BCUT2D eigenvalue weighted by atomic mass is 16.5. The number of rotatable bonds is 7. The summed E-state index contributed by atoms with van der Waals surface area (Å²) in [5.41, 5.74) is 3.01. The largest absolute Gasteiger partial charge is 0.497 e. The number of hydrogen-bond acceptors (Lipinski definition) is 4. The standard InChI is InChI=1S/C20H22N4O2/c1-15-7-13-22-24(15)14-10-19(25)23-20(17-8-11-21-12-9-17)16-3-5-18(26-2)6-4-16/h3-9,11-13,20H,10,14H2,1-2H3,(H,23,25)/t20-/m0/s1. The molecule has 0 aliphatic carbocycles. The van der Waals surface area contributed by atoms with Gasteiger partial charge in [0.2, 0.25) is 5.91 Å². The Morgan fingerprint density at radius 2 is 1.77 bits per heavy atom. The van der Waals surface area contributed by atoms with Crippen LogP contribution in [-0.2, 0) is 11.3 Å². The van der Waals surface area contributed by atoms with Gasteiger partial charge in [-0.05, 0) is 48.4 Å². The van der Waals surface area contributed by atoms with Crippen molar-refractivity contribution < 1.29 is 9.53 Å². The van der Waals surface area contributed by atoms with Crippen molar-refractivity contribution in [2.75, 3.05) is 7.11 Å². The second kappa shape index (κ2) is 8.29. The van der Waals surface area contributed by atoms with Crippen LogP contribution in [0.5, 0.6) is 5.75 Å². The normalized spacial score (nSPS) is 11.8. The van der Waals surface area contributed by atoms with E-state index in [1.54, 1.807) is 25.7 Å². The van der Waals surface area contributed by atoms with Crippen LogP contribution in [0.4, 0.5) is 0 Å². The van der Waals surface area contributed by atoms with Crippen molar-refractivity contribution in [3.05, 3.63) is 77.9 Å². The molecule has 134 valence electrons. The third-order valence-electron chi connectivity index (χ3n) is 4.27. The summed E-state index contributed by atoms with van der Waals surface area (Å²) >= 11 is 0. The van der Waals surface area contributed by atoms with Crippen LogP contribution < -0.4 is 10.1 Å². The third kappa shape index (κ3) is 4.27. The van der Waals surface area contributed by atoms with Crippen LogP contribution in [0.1, 0.15) is 29.3 Å². The first-order valence-electron chi connectivity index (χ1n) is 8.49. The Kier molecular flexibility index (Phi) is 5.63. The van der Waals surface area contributed by atoms with E-state index in [1.807, 2.05) is 54.1 Å². The number of aryl methyl sites for hydroxylation is 2. The fourth-order valence-corrected chi connectivity index (χ4v) is 2.78. The number of hydrogen-bond donors (Lipinski definition) is 1. The molecule has 0 aliphatic rings. The molecule has 6 nitrogen and oxygen atoms in total. The zero-order chi connectivity index (χ0) is 18.4. The summed E-state index contributed by atoms with van der Waals surface area (Å²) in [5.74, 6) is 0.750. The highest BCUT2D eigenvalue weighted by molar-refractivity contribution is 5.77. The van der Waals surface area contributed by atoms with Crippen molar-refractivity contribution in [2.45, 2.75) is 25.9 Å². The Morgan fingerprint density at radius 3 is 2.38 bits per heavy atom. The lowest BCUT2D eigenvalue weighted by Gasteiger charge is -2.20. The minimum atomic E-state index is -0.241. The molecule has 26 heavy (non-hydrogen) atoms. The lowest BCUT2D eigenvalue weighted by atomic mass is 9.99. The maximum absolute atomic E-state index is 12.5. The van der Waals surface area contributed by atoms with Crippen molar-refractivity contribution in [1.82, 2.24) is 20.1 Å². The molecule has 1 N–H and O–H groups in total. The molecule has 1 amide bonds. The predicted octanol–water partition coefficient (Wildman–Crippen LogP) is 2.89. The molecule has 0 aliphatic heterocycles. The number of aromatic nitrogens is 3. The fourth-order valence-electron chi connectivity index (χ4n) is 2.78. The first-order valence-corrected chi connectivity index (χ1v) is 8.49. The van der Waals surface area contributed by atoms with Crippen LogP contribution >= 0.6 is 0 Å². The minimum Gasteiger partial charge on any atom is -0.497 e. The van der Waals surface area contributed by atoms with Gasteiger partial charge in [0.05, 0.1) is 13.2 Å². The first kappa shape index (κ1) is 17.7. The van der Waals surface area contributed by atoms with Gasteiger partial charge >= 0.3 is 0 Å². The zero-order valence-corrected chi connectivity index (χ0v) is 14.9. The van der Waals surface area contributed by atoms with Crippen molar-refractivity contribution in [3.8, 4) is 5.75 Å². The number of methoxy groups -OCH3 is 1. The molecule has 6 heteroatoms. The molecule has 2 aromatic heterocycles. The number of carbonyl (C=O) groups is 1. The van der Waals surface area contributed by atoms with Crippen LogP contribution in [0, 0.1) is 6.92 Å². The summed E-state index contributed by atoms with van der Waals surface area (Å²) in [6.45, 7) is 2.53. The van der Waals surface area contributed by atoms with Gasteiger partial charge in [-0.2, -0.15) is 5.10 Å². The molecule has 0 bridgehead atoms. The molecule has 1 atom stereocenters. The van der Waals surface area contributed by atoms with E-state index in [9.17, 15) is 4.79 Å². The Morgan fingerprint density at radius 1 is 1.08 bits per heavy atom. The molecular weight excluding hydrogens is 328 g/mol. The highest BCUT2D eigenvalue weighted by Gasteiger charge is 2.17. The van der Waals surface area contributed by atoms with Crippen LogP contribution in [0.2, 0.25) is 0 Å². The highest BCUT2D eigenvalue weighted by Crippen LogP contribution is 2.24. The van der Waals surface area contributed by atoms with Gasteiger partial charge in [0.1, 0.15) is 5.75 Å². The molecule has 0 unspecified atom stereocenters. The summed E-state index contributed by atoms with van der Waals surface area (Å²) in [5, 5.41) is 7.34. The molecule has 3 rings (SSSR count). The SMILES string of the molecule is COc1ccc([C@H](NC(=O)CCn2nccc2C)c2ccncc2)cc1. The van der Waals surface area contributed by atoms with E-state index < -0.39 is 0 Å². The maximum Gasteiger partial charge on any atom is 0.222 e. The topological polar surface area (TPSA) is 69.0 Å². The van der Waals surface area contributed by atoms with Gasteiger partial charge in [0.15, 0.2) is 0 Å². The van der Waals surface area contributed by atoms with Crippen LogP contribution in [0.15, 0.2) is 61.1 Å². The Balaban J connectivity index is 1.75. The number of ether oxygens (including phenoxy) is 1. The van der Waals surface area contributed by atoms with E-state index in [-0.39, 0.29) is 11.9 Å². The summed E-state index contributed by atoms with van der Waals surface area (Å²) in [6.07, 6.45) is 5.56. The quantitative estimate of drug-likeness (QED) is 0.711. The molecule has 3 aromatic rings. The van der Waals surface area contributed by atoms with E-state index in [0.717, 1.165) is 22.6 Å². The molecule has 2 heterocycles. The third-order valence-corrected chi connectivity index (χ3v) is 4.27. The molecule has 0 saturated carbocycles. The van der Waals surface area contributed by atoms with Gasteiger partial charge in [-0.15, -0.1) is 0 Å². The number of amides is 1. The van der Waals surface area contributed by atoms with Gasteiger partial charge < -0.3 is 10.1 Å². The summed E-state index contributed by atoms with van der Waals surface area (Å²) in [6, 6.07) is 13.2. The van der Waals surface area contributed by atoms with E-state index in [2.05, 4.69) is 15.4 Å². The lowest BCUT2D eigenvalue weighted by Crippen LogP contribution is -2.30. The van der Waals surface area contributed by atoms with Crippen LogP contribution in [0.3, 0.4) is 0 Å². The smallest absolute Gasteiger partial charge is 0.222 e. The Labute approximate surface area is 152 Å². The molecule has 0 spiro atoms. The van der Waals surface area contributed by atoms with Crippen LogP contribution in [-0.4, -0.2) is 27.8 Å². The van der Waals surface area contributed by atoms with E-state index in [0.29, 0.717) is 13.0 Å². The zero-order valence-electron chi connectivity index (χ0n) is 14.9. The van der Waals surface area contributed by atoms with Gasteiger partial charge in [-0.25, -0.2) is 0 Å². The fraction of sp³-hybridized carbons (Fsp3) is 0.250. The monoisotopic (exact) mass is 350 g/mol. The average Bonchev–Trinajstić information content (AvgIpc) is 3.10. The number of pyridine rings is 1. The van der Waals surface area contributed by atoms with Crippen molar-refractivity contribution in [1.29, 1.82) is 0 Å². The molecular formula is C20H22N4O2. The second-order valence-corrected chi connectivity index (χ2v) is 6.00. The van der Waals surface area contributed by atoms with Crippen molar-refractivity contribution in [2.24, 2.45) is 0 Å². The average molecular weight is 350 g/mol. The number of nitrogens with zero attached hydrogens (tertiary/aromatic N) is 3. The second-order valence-electron chi connectivity index (χ2n) is 6.00. The molecule has 1 aromatic carbocycles. The molecule has 0 radical (unpaired) electrons. The summed E-state index contributed by atoms with van der Waals surface area (Å²) in [7, 11) is 1.63. The number of benzene rings is 1. The van der Waals surface area contributed by atoms with Gasteiger partial charge in [-0.1, -0.05) is 12.1 Å². The summed E-state index contributed by atoms with van der Waals surface area (Å²) < 4.78 is 7.05. The van der Waals surface area contributed by atoms with Crippen LogP contribution in [0.25, 0.3) is 0 Å². The lowest BCUT2D eigenvalue weighted by molar-refractivity contribution is -0.121.